The molecule has 31 heavy (non-hydrogen) atoms. The lowest BCUT2D eigenvalue weighted by molar-refractivity contribution is 0.101. The third kappa shape index (κ3) is 5.20. The Kier molecular flexibility index (Phi) is 6.45. The van der Waals surface area contributed by atoms with Gasteiger partial charge in [0.1, 0.15) is 6.33 Å². The Balaban J connectivity index is 1.38. The molecule has 1 N–H and O–H groups in total. The molecule has 1 heterocycles. The summed E-state index contributed by atoms with van der Waals surface area (Å²) in [5.41, 5.74) is 2.58. The van der Waals surface area contributed by atoms with E-state index >= 15 is 0 Å². The lowest BCUT2D eigenvalue weighted by atomic mass is 10.1. The summed E-state index contributed by atoms with van der Waals surface area (Å²) in [5, 5.41) is 12.1. The fourth-order valence-corrected chi connectivity index (χ4v) is 3.88. The van der Waals surface area contributed by atoms with Crippen molar-refractivity contribution >= 4 is 40.7 Å². The molecule has 1 aromatic heterocycles. The summed E-state index contributed by atoms with van der Waals surface area (Å²) in [6.07, 6.45) is 1.59. The summed E-state index contributed by atoms with van der Waals surface area (Å²) in [5.74, 6) is -0.0446. The summed E-state index contributed by atoms with van der Waals surface area (Å²) < 4.78 is 1.78. The minimum atomic E-state index is -0.199. The molecule has 0 saturated carbocycles. The first-order valence-electron chi connectivity index (χ1n) is 9.38. The van der Waals surface area contributed by atoms with Crippen LogP contribution in [0.3, 0.4) is 0 Å². The van der Waals surface area contributed by atoms with Crippen LogP contribution in [-0.4, -0.2) is 32.2 Å². The first-order chi connectivity index (χ1) is 15.1. The lowest BCUT2D eigenvalue weighted by Gasteiger charge is -2.07. The SMILES string of the molecule is O=C(CSc1nncn1-c1cccc(Cl)c1)c1ccc(NC(=O)c2ccccc2)cc1. The van der Waals surface area contributed by atoms with Gasteiger partial charge in [0.2, 0.25) is 0 Å². The summed E-state index contributed by atoms with van der Waals surface area (Å²) in [4.78, 5) is 24.8. The van der Waals surface area contributed by atoms with Gasteiger partial charge in [-0.05, 0) is 54.6 Å². The van der Waals surface area contributed by atoms with Gasteiger partial charge >= 0.3 is 0 Å². The van der Waals surface area contributed by atoms with E-state index in [0.717, 1.165) is 5.69 Å². The summed E-state index contributed by atoms with van der Waals surface area (Å²) >= 11 is 7.36. The monoisotopic (exact) mass is 448 g/mol. The van der Waals surface area contributed by atoms with Gasteiger partial charge in [-0.25, -0.2) is 0 Å². The number of anilines is 1. The Hall–Kier alpha value is -3.42. The van der Waals surface area contributed by atoms with Crippen LogP contribution in [0.5, 0.6) is 0 Å². The molecule has 154 valence electrons. The largest absolute Gasteiger partial charge is 0.322 e. The number of ketones is 1. The number of rotatable bonds is 7. The van der Waals surface area contributed by atoms with E-state index in [1.807, 2.05) is 30.3 Å². The van der Waals surface area contributed by atoms with Crippen molar-refractivity contribution in [2.75, 3.05) is 11.1 Å². The molecule has 6 nitrogen and oxygen atoms in total. The highest BCUT2D eigenvalue weighted by Crippen LogP contribution is 2.23. The van der Waals surface area contributed by atoms with Crippen LogP contribution in [0.2, 0.25) is 5.02 Å². The van der Waals surface area contributed by atoms with Crippen molar-refractivity contribution in [1.82, 2.24) is 14.8 Å². The molecule has 0 atom stereocenters. The number of amides is 1. The molecule has 0 spiro atoms. The molecule has 0 radical (unpaired) electrons. The fraction of sp³-hybridized carbons (Fsp3) is 0.0435. The third-order valence-electron chi connectivity index (χ3n) is 4.44. The molecule has 0 aliphatic heterocycles. The quantitative estimate of drug-likeness (QED) is 0.312. The number of hydrogen-bond donors (Lipinski definition) is 1. The van der Waals surface area contributed by atoms with Crippen molar-refractivity contribution in [3.63, 3.8) is 0 Å². The molecule has 0 saturated heterocycles. The summed E-state index contributed by atoms with van der Waals surface area (Å²) in [6, 6.07) is 23.1. The zero-order valence-electron chi connectivity index (χ0n) is 16.2. The van der Waals surface area contributed by atoms with Gasteiger partial charge in [-0.1, -0.05) is 47.6 Å². The van der Waals surface area contributed by atoms with Gasteiger partial charge in [0.05, 0.1) is 11.4 Å². The van der Waals surface area contributed by atoms with Crippen molar-refractivity contribution in [3.8, 4) is 5.69 Å². The highest BCUT2D eigenvalue weighted by Gasteiger charge is 2.13. The van der Waals surface area contributed by atoms with Crippen molar-refractivity contribution in [2.24, 2.45) is 0 Å². The molecule has 4 aromatic rings. The Bertz CT molecular complexity index is 1210. The second kappa shape index (κ2) is 9.59. The van der Waals surface area contributed by atoms with Gasteiger partial charge in [-0.15, -0.1) is 10.2 Å². The number of nitrogens with zero attached hydrogens (tertiary/aromatic N) is 3. The average molecular weight is 449 g/mol. The number of hydrogen-bond acceptors (Lipinski definition) is 5. The molecular formula is C23H17ClN4O2S. The number of aromatic nitrogens is 3. The standard InChI is InChI=1S/C23H17ClN4O2S/c24-18-7-4-8-20(13-18)28-15-25-27-23(28)31-14-21(29)16-9-11-19(12-10-16)26-22(30)17-5-2-1-3-6-17/h1-13,15H,14H2,(H,26,30). The van der Waals surface area contributed by atoms with E-state index in [1.165, 1.54) is 11.8 Å². The molecule has 1 amide bonds. The van der Waals surface area contributed by atoms with Crippen LogP contribution in [0.1, 0.15) is 20.7 Å². The summed E-state index contributed by atoms with van der Waals surface area (Å²) in [6.45, 7) is 0. The molecular weight excluding hydrogens is 432 g/mol. The second-order valence-electron chi connectivity index (χ2n) is 6.57. The number of thioether (sulfide) groups is 1. The van der Waals surface area contributed by atoms with Crippen molar-refractivity contribution in [1.29, 1.82) is 0 Å². The van der Waals surface area contributed by atoms with Gasteiger partial charge in [0.25, 0.3) is 5.91 Å². The maximum atomic E-state index is 12.6. The van der Waals surface area contributed by atoms with Crippen LogP contribution in [0.4, 0.5) is 5.69 Å². The third-order valence-corrected chi connectivity index (χ3v) is 5.61. The van der Waals surface area contributed by atoms with E-state index in [9.17, 15) is 9.59 Å². The highest BCUT2D eigenvalue weighted by molar-refractivity contribution is 7.99. The lowest BCUT2D eigenvalue weighted by Crippen LogP contribution is -2.12. The molecule has 3 aromatic carbocycles. The fourth-order valence-electron chi connectivity index (χ4n) is 2.87. The molecule has 8 heteroatoms. The van der Waals surface area contributed by atoms with Crippen LogP contribution >= 0.6 is 23.4 Å². The molecule has 0 aliphatic rings. The van der Waals surface area contributed by atoms with Crippen molar-refractivity contribution in [2.45, 2.75) is 5.16 Å². The average Bonchev–Trinajstić information content (AvgIpc) is 3.27. The first kappa shape index (κ1) is 20.8. The van der Waals surface area contributed by atoms with E-state index in [4.69, 9.17) is 11.6 Å². The molecule has 0 fully saturated rings. The number of halogens is 1. The van der Waals surface area contributed by atoms with E-state index in [1.54, 1.807) is 59.4 Å². The van der Waals surface area contributed by atoms with Crippen LogP contribution < -0.4 is 5.32 Å². The van der Waals surface area contributed by atoms with Gasteiger partial charge in [-0.3, -0.25) is 14.2 Å². The van der Waals surface area contributed by atoms with E-state index in [0.29, 0.717) is 27.0 Å². The van der Waals surface area contributed by atoms with E-state index in [-0.39, 0.29) is 17.4 Å². The molecule has 0 bridgehead atoms. The van der Waals surface area contributed by atoms with Gasteiger partial charge in [-0.2, -0.15) is 0 Å². The van der Waals surface area contributed by atoms with Gasteiger partial charge in [0.15, 0.2) is 10.9 Å². The first-order valence-corrected chi connectivity index (χ1v) is 10.7. The Morgan fingerprint density at radius 2 is 1.71 bits per heavy atom. The Morgan fingerprint density at radius 1 is 0.935 bits per heavy atom. The number of carbonyl (C=O) groups excluding carboxylic acids is 2. The highest BCUT2D eigenvalue weighted by atomic mass is 35.5. The van der Waals surface area contributed by atoms with Gasteiger partial charge < -0.3 is 5.32 Å². The number of carbonyl (C=O) groups is 2. The van der Waals surface area contributed by atoms with E-state index < -0.39 is 0 Å². The van der Waals surface area contributed by atoms with Crippen LogP contribution in [0, 0.1) is 0 Å². The Labute approximate surface area is 188 Å². The van der Waals surface area contributed by atoms with E-state index in [2.05, 4.69) is 15.5 Å². The van der Waals surface area contributed by atoms with Gasteiger partial charge in [0, 0.05) is 21.8 Å². The molecule has 0 aliphatic carbocycles. The zero-order valence-corrected chi connectivity index (χ0v) is 17.8. The predicted molar refractivity (Wildman–Crippen MR) is 122 cm³/mol. The molecule has 4 rings (SSSR count). The van der Waals surface area contributed by atoms with Crippen LogP contribution in [0.15, 0.2) is 90.3 Å². The Morgan fingerprint density at radius 3 is 2.45 bits per heavy atom. The molecule has 0 unspecified atom stereocenters. The summed E-state index contributed by atoms with van der Waals surface area (Å²) in [7, 11) is 0. The number of Topliss-reactive ketones (excluding diaryl/α,β-unsaturated/α-hetero) is 1. The maximum absolute atomic E-state index is 12.6. The van der Waals surface area contributed by atoms with Crippen LogP contribution in [-0.2, 0) is 0 Å². The van der Waals surface area contributed by atoms with Crippen LogP contribution in [0.25, 0.3) is 5.69 Å². The number of benzene rings is 3. The zero-order chi connectivity index (χ0) is 21.6. The normalized spacial score (nSPS) is 10.6. The topological polar surface area (TPSA) is 76.9 Å². The minimum Gasteiger partial charge on any atom is -0.322 e. The number of nitrogens with one attached hydrogen (secondary N) is 1. The smallest absolute Gasteiger partial charge is 0.255 e. The maximum Gasteiger partial charge on any atom is 0.255 e. The second-order valence-corrected chi connectivity index (χ2v) is 7.95. The van der Waals surface area contributed by atoms with Crippen molar-refractivity contribution in [3.05, 3.63) is 101 Å². The minimum absolute atomic E-state index is 0.0495. The van der Waals surface area contributed by atoms with Crippen molar-refractivity contribution < 1.29 is 9.59 Å². The predicted octanol–water partition coefficient (Wildman–Crippen LogP) is 5.15.